The summed E-state index contributed by atoms with van der Waals surface area (Å²) in [6, 6.07) is 7.58. The van der Waals surface area contributed by atoms with E-state index in [2.05, 4.69) is 10.2 Å². The lowest BCUT2D eigenvalue weighted by atomic mass is 10.0. The Labute approximate surface area is 119 Å². The van der Waals surface area contributed by atoms with Crippen LogP contribution in [0.15, 0.2) is 24.3 Å². The van der Waals surface area contributed by atoms with Crippen LogP contribution in [0.1, 0.15) is 25.7 Å². The summed E-state index contributed by atoms with van der Waals surface area (Å²) >= 11 is 0. The summed E-state index contributed by atoms with van der Waals surface area (Å²) in [6.07, 6.45) is 5.02. The quantitative estimate of drug-likeness (QED) is 0.663. The second-order valence-corrected chi connectivity index (χ2v) is 5.89. The summed E-state index contributed by atoms with van der Waals surface area (Å²) in [5.41, 5.74) is 1.15. The SMILES string of the molecule is O=[N+]([O-])c1cccc(N2CCC(NCC3CC3)CC2)c1. The zero-order chi connectivity index (χ0) is 13.9. The molecule has 0 unspecified atom stereocenters. The van der Waals surface area contributed by atoms with Gasteiger partial charge in [0.1, 0.15) is 0 Å². The minimum Gasteiger partial charge on any atom is -0.371 e. The van der Waals surface area contributed by atoms with Crippen LogP contribution in [-0.4, -0.2) is 30.6 Å². The molecular formula is C15H21N3O2. The van der Waals surface area contributed by atoms with Crippen molar-refractivity contribution in [2.24, 2.45) is 5.92 Å². The fraction of sp³-hybridized carbons (Fsp3) is 0.600. The first-order chi connectivity index (χ1) is 9.72. The molecule has 1 saturated carbocycles. The summed E-state index contributed by atoms with van der Waals surface area (Å²) < 4.78 is 0. The van der Waals surface area contributed by atoms with Gasteiger partial charge < -0.3 is 10.2 Å². The molecule has 2 fully saturated rings. The normalized spacial score (nSPS) is 20.1. The first kappa shape index (κ1) is 13.4. The van der Waals surface area contributed by atoms with E-state index >= 15 is 0 Å². The summed E-state index contributed by atoms with van der Waals surface area (Å²) in [6.45, 7) is 3.12. The van der Waals surface area contributed by atoms with Crippen molar-refractivity contribution in [3.8, 4) is 0 Å². The molecule has 1 aliphatic heterocycles. The Kier molecular flexibility index (Phi) is 3.87. The van der Waals surface area contributed by atoms with Gasteiger partial charge in [-0.2, -0.15) is 0 Å². The molecule has 0 atom stereocenters. The van der Waals surface area contributed by atoms with Crippen molar-refractivity contribution in [2.75, 3.05) is 24.5 Å². The third-order valence-corrected chi connectivity index (χ3v) is 4.29. The molecule has 20 heavy (non-hydrogen) atoms. The van der Waals surface area contributed by atoms with Gasteiger partial charge in [0.25, 0.3) is 5.69 Å². The monoisotopic (exact) mass is 275 g/mol. The maximum atomic E-state index is 10.8. The molecule has 108 valence electrons. The van der Waals surface area contributed by atoms with Crippen LogP contribution in [0.4, 0.5) is 11.4 Å². The highest BCUT2D eigenvalue weighted by Crippen LogP contribution is 2.28. The number of nitrogens with one attached hydrogen (secondary N) is 1. The second-order valence-electron chi connectivity index (χ2n) is 5.89. The van der Waals surface area contributed by atoms with Crippen molar-refractivity contribution >= 4 is 11.4 Å². The lowest BCUT2D eigenvalue weighted by Crippen LogP contribution is -2.43. The molecule has 0 aromatic heterocycles. The van der Waals surface area contributed by atoms with E-state index in [9.17, 15) is 10.1 Å². The van der Waals surface area contributed by atoms with Gasteiger partial charge in [0.15, 0.2) is 0 Å². The van der Waals surface area contributed by atoms with E-state index in [-0.39, 0.29) is 10.6 Å². The third kappa shape index (κ3) is 3.28. The summed E-state index contributed by atoms with van der Waals surface area (Å²) in [5, 5.41) is 14.5. The number of hydrogen-bond acceptors (Lipinski definition) is 4. The number of nitro groups is 1. The molecule has 5 heteroatoms. The topological polar surface area (TPSA) is 58.4 Å². The van der Waals surface area contributed by atoms with Crippen LogP contribution in [0.5, 0.6) is 0 Å². The van der Waals surface area contributed by atoms with E-state index < -0.39 is 0 Å². The Balaban J connectivity index is 1.54. The van der Waals surface area contributed by atoms with Gasteiger partial charge in [0.2, 0.25) is 0 Å². The van der Waals surface area contributed by atoms with Gasteiger partial charge in [0.05, 0.1) is 4.92 Å². The zero-order valence-electron chi connectivity index (χ0n) is 11.6. The van der Waals surface area contributed by atoms with Crippen molar-refractivity contribution in [2.45, 2.75) is 31.7 Å². The summed E-state index contributed by atoms with van der Waals surface area (Å²) in [7, 11) is 0. The van der Waals surface area contributed by atoms with Gasteiger partial charge in [-0.3, -0.25) is 10.1 Å². The minimum atomic E-state index is -0.326. The number of non-ortho nitro benzene ring substituents is 1. The molecule has 1 aliphatic carbocycles. The number of nitro benzene ring substituents is 1. The Bertz CT molecular complexity index is 480. The molecule has 1 N–H and O–H groups in total. The predicted molar refractivity (Wildman–Crippen MR) is 79.1 cm³/mol. The van der Waals surface area contributed by atoms with Gasteiger partial charge in [-0.25, -0.2) is 0 Å². The minimum absolute atomic E-state index is 0.177. The molecule has 0 bridgehead atoms. The fourth-order valence-electron chi connectivity index (χ4n) is 2.80. The molecule has 0 spiro atoms. The predicted octanol–water partition coefficient (Wildman–Crippen LogP) is 2.56. The molecule has 0 radical (unpaired) electrons. The van der Waals surface area contributed by atoms with Gasteiger partial charge in [-0.15, -0.1) is 0 Å². The first-order valence-electron chi connectivity index (χ1n) is 7.45. The first-order valence-corrected chi connectivity index (χ1v) is 7.45. The van der Waals surface area contributed by atoms with Crippen LogP contribution in [-0.2, 0) is 0 Å². The average Bonchev–Trinajstić information content (AvgIpc) is 3.30. The van der Waals surface area contributed by atoms with Crippen LogP contribution < -0.4 is 10.2 Å². The number of hydrogen-bond donors (Lipinski definition) is 1. The fourth-order valence-corrected chi connectivity index (χ4v) is 2.80. The largest absolute Gasteiger partial charge is 0.371 e. The van der Waals surface area contributed by atoms with Gasteiger partial charge in [0, 0.05) is 37.0 Å². The number of anilines is 1. The van der Waals surface area contributed by atoms with Crippen molar-refractivity contribution < 1.29 is 4.92 Å². The van der Waals surface area contributed by atoms with Crippen LogP contribution >= 0.6 is 0 Å². The van der Waals surface area contributed by atoms with E-state index in [0.29, 0.717) is 6.04 Å². The lowest BCUT2D eigenvalue weighted by Gasteiger charge is -2.34. The molecule has 1 aromatic rings. The molecule has 3 rings (SSSR count). The molecule has 1 saturated heterocycles. The number of benzene rings is 1. The average molecular weight is 275 g/mol. The van der Waals surface area contributed by atoms with Gasteiger partial charge >= 0.3 is 0 Å². The standard InChI is InChI=1S/C15H21N3O2/c19-18(20)15-3-1-2-14(10-15)17-8-6-13(7-9-17)16-11-12-4-5-12/h1-3,10,12-13,16H,4-9,11H2. The molecule has 1 aromatic carbocycles. The van der Waals surface area contributed by atoms with E-state index in [1.165, 1.54) is 19.4 Å². The second kappa shape index (κ2) is 5.79. The molecular weight excluding hydrogens is 254 g/mol. The Morgan fingerprint density at radius 3 is 2.65 bits per heavy atom. The number of piperidine rings is 1. The Hall–Kier alpha value is -1.62. The van der Waals surface area contributed by atoms with Crippen LogP contribution in [0.2, 0.25) is 0 Å². The maximum absolute atomic E-state index is 10.8. The maximum Gasteiger partial charge on any atom is 0.271 e. The lowest BCUT2D eigenvalue weighted by molar-refractivity contribution is -0.384. The van der Waals surface area contributed by atoms with Crippen LogP contribution in [0.25, 0.3) is 0 Å². The van der Waals surface area contributed by atoms with Crippen LogP contribution in [0, 0.1) is 16.0 Å². The Morgan fingerprint density at radius 1 is 1.25 bits per heavy atom. The highest BCUT2D eigenvalue weighted by molar-refractivity contribution is 5.53. The van der Waals surface area contributed by atoms with Crippen molar-refractivity contribution in [3.63, 3.8) is 0 Å². The zero-order valence-corrected chi connectivity index (χ0v) is 11.6. The van der Waals surface area contributed by atoms with Crippen molar-refractivity contribution in [1.29, 1.82) is 0 Å². The molecule has 0 amide bonds. The number of rotatable bonds is 5. The Morgan fingerprint density at radius 2 is 2.00 bits per heavy atom. The van der Waals surface area contributed by atoms with E-state index in [4.69, 9.17) is 0 Å². The van der Waals surface area contributed by atoms with Gasteiger partial charge in [-0.1, -0.05) is 6.07 Å². The summed E-state index contributed by atoms with van der Waals surface area (Å²) in [5.74, 6) is 0.921. The van der Waals surface area contributed by atoms with E-state index in [1.54, 1.807) is 18.2 Å². The van der Waals surface area contributed by atoms with Gasteiger partial charge in [-0.05, 0) is 44.2 Å². The number of nitrogens with zero attached hydrogens (tertiary/aromatic N) is 2. The molecule has 2 aliphatic rings. The molecule has 1 heterocycles. The van der Waals surface area contributed by atoms with E-state index in [1.807, 2.05) is 6.07 Å². The van der Waals surface area contributed by atoms with Crippen LogP contribution in [0.3, 0.4) is 0 Å². The van der Waals surface area contributed by atoms with Crippen molar-refractivity contribution in [3.05, 3.63) is 34.4 Å². The molecule has 5 nitrogen and oxygen atoms in total. The van der Waals surface area contributed by atoms with E-state index in [0.717, 1.165) is 37.5 Å². The highest BCUT2D eigenvalue weighted by Gasteiger charge is 2.24. The summed E-state index contributed by atoms with van der Waals surface area (Å²) in [4.78, 5) is 12.7. The highest BCUT2D eigenvalue weighted by atomic mass is 16.6. The smallest absolute Gasteiger partial charge is 0.271 e. The third-order valence-electron chi connectivity index (χ3n) is 4.29. The van der Waals surface area contributed by atoms with Crippen molar-refractivity contribution in [1.82, 2.24) is 5.32 Å².